The Hall–Kier alpha value is -3.46. The molecule has 1 N–H and O–H groups in total. The summed E-state index contributed by atoms with van der Waals surface area (Å²) in [6.07, 6.45) is 1.46. The van der Waals surface area contributed by atoms with Crippen LogP contribution in [0, 0.1) is 5.92 Å². The second-order valence-electron chi connectivity index (χ2n) is 7.67. The number of nitrogens with one attached hydrogen (secondary N) is 1. The Morgan fingerprint density at radius 2 is 1.70 bits per heavy atom. The molecule has 0 radical (unpaired) electrons. The Morgan fingerprint density at radius 1 is 1.06 bits per heavy atom. The second kappa shape index (κ2) is 9.99. The highest BCUT2D eigenvalue weighted by molar-refractivity contribution is 7.15. The number of amides is 2. The molecule has 33 heavy (non-hydrogen) atoms. The smallest absolute Gasteiger partial charge is 0.231 e. The molecule has 8 nitrogen and oxygen atoms in total. The summed E-state index contributed by atoms with van der Waals surface area (Å²) in [5.74, 6) is 0.724. The summed E-state index contributed by atoms with van der Waals surface area (Å²) in [4.78, 5) is 28.3. The van der Waals surface area contributed by atoms with Crippen LogP contribution in [0.5, 0.6) is 11.5 Å². The molecule has 0 spiro atoms. The van der Waals surface area contributed by atoms with E-state index in [0.717, 1.165) is 17.0 Å². The predicted molar refractivity (Wildman–Crippen MR) is 127 cm³/mol. The standard InChI is InChI=1S/C24H26N4O4S/c1-4-20-26-27-24(33-20)25-23(30)19-13-14-21(29)28(16-7-11-18(32-3)12-8-16)22(19)15-5-9-17(31-2)10-6-15/h5-12,19,22H,4,13-14H2,1-3H3,(H,25,27,30). The first-order chi connectivity index (χ1) is 16.0. The zero-order valence-corrected chi connectivity index (χ0v) is 19.6. The first kappa shape index (κ1) is 22.7. The number of hydrogen-bond acceptors (Lipinski definition) is 7. The van der Waals surface area contributed by atoms with Crippen LogP contribution in [0.1, 0.15) is 36.4 Å². The van der Waals surface area contributed by atoms with Crippen molar-refractivity contribution >= 4 is 34.0 Å². The highest BCUT2D eigenvalue weighted by Gasteiger charge is 2.41. The normalized spacial score (nSPS) is 18.2. The quantitative estimate of drug-likeness (QED) is 0.560. The van der Waals surface area contributed by atoms with Gasteiger partial charge in [-0.05, 0) is 54.8 Å². The monoisotopic (exact) mass is 466 g/mol. The van der Waals surface area contributed by atoms with Crippen molar-refractivity contribution in [3.05, 3.63) is 59.1 Å². The fourth-order valence-electron chi connectivity index (χ4n) is 4.04. The number of hydrogen-bond donors (Lipinski definition) is 1. The summed E-state index contributed by atoms with van der Waals surface area (Å²) < 4.78 is 10.6. The summed E-state index contributed by atoms with van der Waals surface area (Å²) in [5.41, 5.74) is 1.56. The van der Waals surface area contributed by atoms with Gasteiger partial charge in [0.05, 0.1) is 26.2 Å². The van der Waals surface area contributed by atoms with Crippen molar-refractivity contribution in [3.8, 4) is 11.5 Å². The van der Waals surface area contributed by atoms with E-state index in [-0.39, 0.29) is 18.2 Å². The molecule has 1 fully saturated rings. The van der Waals surface area contributed by atoms with Gasteiger partial charge < -0.3 is 19.7 Å². The molecule has 0 bridgehead atoms. The second-order valence-corrected chi connectivity index (χ2v) is 8.73. The molecule has 1 aliphatic heterocycles. The minimum absolute atomic E-state index is 0.0331. The topological polar surface area (TPSA) is 93.7 Å². The van der Waals surface area contributed by atoms with E-state index in [0.29, 0.717) is 28.7 Å². The molecule has 0 saturated carbocycles. The van der Waals surface area contributed by atoms with Crippen molar-refractivity contribution < 1.29 is 19.1 Å². The molecule has 4 rings (SSSR count). The van der Waals surface area contributed by atoms with Crippen molar-refractivity contribution in [1.29, 1.82) is 0 Å². The lowest BCUT2D eigenvalue weighted by molar-refractivity contribution is -0.125. The third kappa shape index (κ3) is 4.83. The van der Waals surface area contributed by atoms with Crippen molar-refractivity contribution in [2.45, 2.75) is 32.2 Å². The van der Waals surface area contributed by atoms with Gasteiger partial charge in [-0.3, -0.25) is 9.59 Å². The molecular weight excluding hydrogens is 440 g/mol. The molecule has 1 aromatic heterocycles. The van der Waals surface area contributed by atoms with Gasteiger partial charge in [0.15, 0.2) is 0 Å². The third-order valence-corrected chi connectivity index (χ3v) is 6.72. The van der Waals surface area contributed by atoms with Crippen molar-refractivity contribution in [2.75, 3.05) is 24.4 Å². The maximum absolute atomic E-state index is 13.4. The highest BCUT2D eigenvalue weighted by Crippen LogP contribution is 2.41. The first-order valence-corrected chi connectivity index (χ1v) is 11.6. The number of rotatable bonds is 7. The Balaban J connectivity index is 1.71. The Morgan fingerprint density at radius 3 is 2.27 bits per heavy atom. The van der Waals surface area contributed by atoms with Crippen LogP contribution in [0.4, 0.5) is 10.8 Å². The third-order valence-electron chi connectivity index (χ3n) is 5.74. The van der Waals surface area contributed by atoms with E-state index < -0.39 is 12.0 Å². The number of aromatic nitrogens is 2. The van der Waals surface area contributed by atoms with Gasteiger partial charge in [-0.15, -0.1) is 10.2 Å². The van der Waals surface area contributed by atoms with E-state index in [4.69, 9.17) is 9.47 Å². The number of aryl methyl sites for hydroxylation is 1. The maximum atomic E-state index is 13.4. The molecule has 3 aromatic rings. The highest BCUT2D eigenvalue weighted by atomic mass is 32.1. The number of nitrogens with zero attached hydrogens (tertiary/aromatic N) is 3. The van der Waals surface area contributed by atoms with Gasteiger partial charge in [0.1, 0.15) is 16.5 Å². The van der Waals surface area contributed by atoms with Crippen LogP contribution >= 0.6 is 11.3 Å². The number of carbonyl (C=O) groups excluding carboxylic acids is 2. The molecule has 9 heteroatoms. The lowest BCUT2D eigenvalue weighted by Crippen LogP contribution is -2.46. The molecule has 0 aliphatic carbocycles. The largest absolute Gasteiger partial charge is 0.497 e. The molecule has 1 aliphatic rings. The summed E-state index contributed by atoms with van der Waals surface area (Å²) in [5, 5.41) is 12.4. The fraction of sp³-hybridized carbons (Fsp3) is 0.333. The molecule has 172 valence electrons. The number of ether oxygens (including phenoxy) is 2. The summed E-state index contributed by atoms with van der Waals surface area (Å²) in [6.45, 7) is 1.99. The van der Waals surface area contributed by atoms with Crippen molar-refractivity contribution in [2.24, 2.45) is 5.92 Å². The molecule has 2 unspecified atom stereocenters. The molecule has 2 amide bonds. The SMILES string of the molecule is CCc1nnc(NC(=O)C2CCC(=O)N(c3ccc(OC)cc3)C2c2ccc(OC)cc2)s1. The number of methoxy groups -OCH3 is 2. The number of carbonyl (C=O) groups is 2. The van der Waals surface area contributed by atoms with Crippen LogP contribution in [0.15, 0.2) is 48.5 Å². The van der Waals surface area contributed by atoms with Gasteiger partial charge in [-0.25, -0.2) is 0 Å². The van der Waals surface area contributed by atoms with E-state index in [9.17, 15) is 9.59 Å². The fourth-order valence-corrected chi connectivity index (χ4v) is 4.72. The molecule has 1 saturated heterocycles. The lowest BCUT2D eigenvalue weighted by atomic mass is 9.83. The molecule has 2 aromatic carbocycles. The van der Waals surface area contributed by atoms with Gasteiger partial charge >= 0.3 is 0 Å². The van der Waals surface area contributed by atoms with E-state index in [1.807, 2.05) is 55.5 Å². The molecular formula is C24H26N4O4S. The van der Waals surface area contributed by atoms with Crippen molar-refractivity contribution in [3.63, 3.8) is 0 Å². The van der Waals surface area contributed by atoms with Crippen LogP contribution in [0.2, 0.25) is 0 Å². The molecule has 2 atom stereocenters. The number of benzene rings is 2. The van der Waals surface area contributed by atoms with Gasteiger partial charge in [0, 0.05) is 12.1 Å². The van der Waals surface area contributed by atoms with Gasteiger partial charge in [0.25, 0.3) is 0 Å². The van der Waals surface area contributed by atoms with Crippen molar-refractivity contribution in [1.82, 2.24) is 10.2 Å². The Labute approximate surface area is 196 Å². The predicted octanol–water partition coefficient (Wildman–Crippen LogP) is 4.24. The zero-order chi connectivity index (χ0) is 23.4. The Bertz CT molecular complexity index is 1110. The van der Waals surface area contributed by atoms with E-state index in [1.54, 1.807) is 19.1 Å². The maximum Gasteiger partial charge on any atom is 0.231 e. The minimum atomic E-state index is -0.482. The van der Waals surface area contributed by atoms with Crippen LogP contribution in [-0.4, -0.2) is 36.2 Å². The first-order valence-electron chi connectivity index (χ1n) is 10.8. The summed E-state index contributed by atoms with van der Waals surface area (Å²) >= 11 is 1.36. The van der Waals surface area contributed by atoms with Gasteiger partial charge in [-0.1, -0.05) is 30.4 Å². The number of piperidine rings is 1. The lowest BCUT2D eigenvalue weighted by Gasteiger charge is -2.40. The van der Waals surface area contributed by atoms with Crippen LogP contribution < -0.4 is 19.7 Å². The van der Waals surface area contributed by atoms with Gasteiger partial charge in [0.2, 0.25) is 16.9 Å². The van der Waals surface area contributed by atoms with E-state index >= 15 is 0 Å². The average molecular weight is 467 g/mol. The van der Waals surface area contributed by atoms with Gasteiger partial charge in [-0.2, -0.15) is 0 Å². The van der Waals surface area contributed by atoms with Crippen LogP contribution in [0.25, 0.3) is 0 Å². The number of anilines is 2. The average Bonchev–Trinajstić information content (AvgIpc) is 3.31. The minimum Gasteiger partial charge on any atom is -0.497 e. The van der Waals surface area contributed by atoms with Crippen LogP contribution in [0.3, 0.4) is 0 Å². The van der Waals surface area contributed by atoms with E-state index in [2.05, 4.69) is 15.5 Å². The molecule has 2 heterocycles. The summed E-state index contributed by atoms with van der Waals surface area (Å²) in [7, 11) is 3.20. The zero-order valence-electron chi connectivity index (χ0n) is 18.8. The summed E-state index contributed by atoms with van der Waals surface area (Å²) in [6, 6.07) is 14.3. The van der Waals surface area contributed by atoms with Crippen LogP contribution in [-0.2, 0) is 16.0 Å². The Kier molecular flexibility index (Phi) is 6.88. The van der Waals surface area contributed by atoms with E-state index in [1.165, 1.54) is 11.3 Å².